The van der Waals surface area contributed by atoms with Gasteiger partial charge in [0.1, 0.15) is 11.6 Å². The van der Waals surface area contributed by atoms with Gasteiger partial charge in [0.15, 0.2) is 6.10 Å². The molecule has 4 rings (SSSR count). The van der Waals surface area contributed by atoms with E-state index < -0.39 is 59.6 Å². The summed E-state index contributed by atoms with van der Waals surface area (Å²) in [5.41, 5.74) is -1.35. The van der Waals surface area contributed by atoms with E-state index in [1.54, 1.807) is 18.4 Å². The van der Waals surface area contributed by atoms with Crippen LogP contribution >= 0.6 is 11.3 Å². The van der Waals surface area contributed by atoms with Crippen LogP contribution in [0.1, 0.15) is 69.5 Å². The average Bonchev–Trinajstić information content (AvgIpc) is 3.26. The van der Waals surface area contributed by atoms with E-state index in [1.807, 2.05) is 13.8 Å². The van der Waals surface area contributed by atoms with E-state index >= 15 is 4.39 Å². The number of hydrogen-bond donors (Lipinski definition) is 2. The average molecular weight is 552 g/mol. The van der Waals surface area contributed by atoms with Crippen LogP contribution in [0.3, 0.4) is 0 Å². The van der Waals surface area contributed by atoms with Gasteiger partial charge < -0.3 is 24.4 Å². The molecule has 1 saturated carbocycles. The summed E-state index contributed by atoms with van der Waals surface area (Å²) in [5, 5.41) is 24.7. The first-order valence-electron chi connectivity index (χ1n) is 13.3. The highest BCUT2D eigenvalue weighted by Gasteiger charge is 2.55. The minimum Gasteiger partial charge on any atom is -0.455 e. The van der Waals surface area contributed by atoms with Crippen LogP contribution in [0, 0.1) is 18.3 Å². The zero-order valence-electron chi connectivity index (χ0n) is 22.2. The first-order chi connectivity index (χ1) is 18.0. The van der Waals surface area contributed by atoms with Crippen molar-refractivity contribution >= 4 is 29.2 Å². The smallest absolute Gasteiger partial charge is 0.309 e. The van der Waals surface area contributed by atoms with E-state index in [1.165, 1.54) is 17.4 Å². The molecule has 8 nitrogen and oxygen atoms in total. The second-order valence-corrected chi connectivity index (χ2v) is 12.1. The molecule has 0 radical (unpaired) electrons. The molecule has 0 unspecified atom stereocenters. The highest BCUT2D eigenvalue weighted by Crippen LogP contribution is 2.49. The Morgan fingerprint density at radius 2 is 2.05 bits per heavy atom. The van der Waals surface area contributed by atoms with Crippen molar-refractivity contribution in [3.8, 4) is 0 Å². The van der Waals surface area contributed by atoms with Crippen molar-refractivity contribution in [3.05, 3.63) is 34.6 Å². The standard InChI is InChI=1S/C28H38FNO7S/c1-5-7-19-25(33)16(2)35-11-10-27(4)23(37-27)13-21(20(29)12-18-15-38-17(3)30-18)36-24(32)14-22(31)28(26(19)34)8-6-9-28/h5,12,15-16,19,21-23,25,31,33H,1,6-11,13-14H2,2-4H3/t16-,19-,21+,22+,23+,25-,27-/m1/s1. The van der Waals surface area contributed by atoms with Crippen molar-refractivity contribution in [1.82, 2.24) is 4.98 Å². The van der Waals surface area contributed by atoms with Crippen molar-refractivity contribution in [2.75, 3.05) is 6.61 Å². The molecule has 3 aliphatic rings. The maximum atomic E-state index is 15.4. The topological polar surface area (TPSA) is 118 Å². The van der Waals surface area contributed by atoms with Crippen molar-refractivity contribution in [1.29, 1.82) is 0 Å². The molecular weight excluding hydrogens is 513 g/mol. The maximum Gasteiger partial charge on any atom is 0.309 e. The summed E-state index contributed by atoms with van der Waals surface area (Å²) in [6, 6.07) is 0. The number of thiazole rings is 1. The molecule has 7 atom stereocenters. The number of rotatable bonds is 4. The number of aromatic nitrogens is 1. The normalized spacial score (nSPS) is 36.7. The number of aliphatic hydroxyl groups is 2. The number of carbonyl (C=O) groups is 2. The van der Waals surface area contributed by atoms with Gasteiger partial charge in [0.05, 0.1) is 58.5 Å². The number of esters is 1. The Kier molecular flexibility index (Phi) is 8.88. The Morgan fingerprint density at radius 3 is 2.66 bits per heavy atom. The Labute approximate surface area is 226 Å². The summed E-state index contributed by atoms with van der Waals surface area (Å²) in [5.74, 6) is -2.60. The fourth-order valence-corrected chi connectivity index (χ4v) is 6.16. The quantitative estimate of drug-likeness (QED) is 0.327. The fourth-order valence-electron chi connectivity index (χ4n) is 5.59. The predicted octanol–water partition coefficient (Wildman–Crippen LogP) is 4.07. The molecule has 2 N–H and O–H groups in total. The largest absolute Gasteiger partial charge is 0.455 e. The van der Waals surface area contributed by atoms with Crippen molar-refractivity contribution in [2.24, 2.45) is 11.3 Å². The summed E-state index contributed by atoms with van der Waals surface area (Å²) < 4.78 is 32.7. The third-order valence-electron chi connectivity index (χ3n) is 8.33. The molecule has 2 aliphatic heterocycles. The number of Topliss-reactive ketones (excluding diaryl/α,β-unsaturated/α-hetero) is 1. The highest BCUT2D eigenvalue weighted by atomic mass is 32.1. The van der Waals surface area contributed by atoms with E-state index in [-0.39, 0.29) is 31.3 Å². The van der Waals surface area contributed by atoms with Gasteiger partial charge in [-0.25, -0.2) is 9.37 Å². The minimum atomic E-state index is -1.32. The Bertz CT molecular complexity index is 1070. The monoisotopic (exact) mass is 551 g/mol. The van der Waals surface area contributed by atoms with E-state index in [0.29, 0.717) is 31.4 Å². The number of aryl methyl sites for hydroxylation is 1. The lowest BCUT2D eigenvalue weighted by Crippen LogP contribution is -2.54. The highest BCUT2D eigenvalue weighted by molar-refractivity contribution is 7.09. The molecule has 10 heteroatoms. The van der Waals surface area contributed by atoms with Crippen LogP contribution in [-0.4, -0.2) is 69.7 Å². The van der Waals surface area contributed by atoms with Crippen LogP contribution in [0.15, 0.2) is 23.9 Å². The zero-order valence-corrected chi connectivity index (χ0v) is 23.0. The number of carbonyl (C=O) groups excluding carboxylic acids is 2. The minimum absolute atomic E-state index is 0.0907. The summed E-state index contributed by atoms with van der Waals surface area (Å²) in [4.78, 5) is 31.0. The van der Waals surface area contributed by atoms with Gasteiger partial charge in [-0.05, 0) is 46.1 Å². The summed E-state index contributed by atoms with van der Waals surface area (Å²) >= 11 is 1.38. The molecule has 1 aromatic rings. The van der Waals surface area contributed by atoms with Gasteiger partial charge >= 0.3 is 5.97 Å². The molecule has 2 saturated heterocycles. The second kappa shape index (κ2) is 11.6. The molecule has 1 aromatic heterocycles. The van der Waals surface area contributed by atoms with Gasteiger partial charge in [0, 0.05) is 24.8 Å². The number of epoxide rings is 1. The molecule has 0 amide bonds. The molecule has 3 fully saturated rings. The van der Waals surface area contributed by atoms with E-state index in [4.69, 9.17) is 14.2 Å². The van der Waals surface area contributed by atoms with Crippen LogP contribution in [0.4, 0.5) is 4.39 Å². The molecular formula is C28H38FNO7S. The third kappa shape index (κ3) is 6.09. The second-order valence-electron chi connectivity index (χ2n) is 11.0. The van der Waals surface area contributed by atoms with E-state index in [0.717, 1.165) is 5.01 Å². The van der Waals surface area contributed by atoms with Gasteiger partial charge in [0.2, 0.25) is 0 Å². The number of hydrogen-bond acceptors (Lipinski definition) is 9. The van der Waals surface area contributed by atoms with Crippen LogP contribution < -0.4 is 0 Å². The SMILES string of the molecule is C=CC[C@H]1C(=O)C2(CCC2)[C@@H](O)CC(=O)O[C@H](C(F)=Cc2csc(C)n2)C[C@@H]2O[C@]2(C)CCO[C@H](C)[C@H]1O. The van der Waals surface area contributed by atoms with Gasteiger partial charge in [-0.3, -0.25) is 9.59 Å². The molecule has 38 heavy (non-hydrogen) atoms. The summed E-state index contributed by atoms with van der Waals surface area (Å²) in [7, 11) is 0. The number of nitrogens with zero attached hydrogens (tertiary/aromatic N) is 1. The fraction of sp³-hybridized carbons (Fsp3) is 0.679. The van der Waals surface area contributed by atoms with Crippen molar-refractivity contribution in [2.45, 2.75) is 102 Å². The number of fused-ring (bicyclic) bond motifs is 1. The third-order valence-corrected chi connectivity index (χ3v) is 9.12. The molecule has 0 aromatic carbocycles. The Hall–Kier alpha value is -1.98. The van der Waals surface area contributed by atoms with Crippen molar-refractivity contribution in [3.63, 3.8) is 0 Å². The Morgan fingerprint density at radius 1 is 1.32 bits per heavy atom. The number of cyclic esters (lactones) is 1. The van der Waals surface area contributed by atoms with Gasteiger partial charge in [0.25, 0.3) is 0 Å². The van der Waals surface area contributed by atoms with Crippen LogP contribution in [0.5, 0.6) is 0 Å². The lowest BCUT2D eigenvalue weighted by Gasteiger charge is -2.46. The number of allylic oxidation sites excluding steroid dienone is 1. The van der Waals surface area contributed by atoms with E-state index in [9.17, 15) is 19.8 Å². The summed E-state index contributed by atoms with van der Waals surface area (Å²) in [6.07, 6.45) is -0.0269. The first kappa shape index (κ1) is 29.0. The predicted molar refractivity (Wildman–Crippen MR) is 140 cm³/mol. The molecule has 0 bridgehead atoms. The van der Waals surface area contributed by atoms with Gasteiger partial charge in [-0.2, -0.15) is 0 Å². The number of aliphatic hydroxyl groups excluding tert-OH is 2. The van der Waals surface area contributed by atoms with E-state index in [2.05, 4.69) is 11.6 Å². The van der Waals surface area contributed by atoms with Crippen LogP contribution in [0.25, 0.3) is 6.08 Å². The van der Waals surface area contributed by atoms with Gasteiger partial charge in [-0.15, -0.1) is 17.9 Å². The lowest BCUT2D eigenvalue weighted by atomic mass is 9.58. The van der Waals surface area contributed by atoms with Crippen LogP contribution in [0.2, 0.25) is 0 Å². The van der Waals surface area contributed by atoms with Gasteiger partial charge in [-0.1, -0.05) is 12.5 Å². The van der Waals surface area contributed by atoms with Crippen LogP contribution in [-0.2, 0) is 23.8 Å². The Balaban J connectivity index is 1.60. The number of ketones is 1. The van der Waals surface area contributed by atoms with Crippen molar-refractivity contribution < 1.29 is 38.4 Å². The maximum absolute atomic E-state index is 15.4. The first-order valence-corrected chi connectivity index (χ1v) is 14.2. The zero-order chi connectivity index (χ0) is 27.7. The molecule has 1 spiro atoms. The summed E-state index contributed by atoms with van der Waals surface area (Å²) in [6.45, 7) is 9.39. The molecule has 1 aliphatic carbocycles. The number of ether oxygens (including phenoxy) is 3. The molecule has 210 valence electrons. The lowest BCUT2D eigenvalue weighted by molar-refractivity contribution is -0.164. The number of halogens is 1. The molecule has 3 heterocycles.